The van der Waals surface area contributed by atoms with E-state index in [2.05, 4.69) is 4.98 Å². The molecule has 0 amide bonds. The molecule has 2 unspecified atom stereocenters. The molecule has 0 saturated heterocycles. The first-order valence-electron chi connectivity index (χ1n) is 4.32. The molecular formula is C9H13ClN2O2. The number of aliphatic hydroxyl groups excluding tert-OH is 2. The summed E-state index contributed by atoms with van der Waals surface area (Å²) < 4.78 is 0. The Hall–Kier alpha value is -0.680. The van der Waals surface area contributed by atoms with Gasteiger partial charge in [0.25, 0.3) is 0 Å². The van der Waals surface area contributed by atoms with Gasteiger partial charge in [-0.25, -0.2) is 0 Å². The molecule has 0 saturated carbocycles. The highest BCUT2D eigenvalue weighted by Crippen LogP contribution is 2.24. The predicted octanol–water partition coefficient (Wildman–Crippen LogP) is 0.478. The number of pyridine rings is 1. The van der Waals surface area contributed by atoms with Crippen LogP contribution >= 0.6 is 11.6 Å². The monoisotopic (exact) mass is 216 g/mol. The van der Waals surface area contributed by atoms with E-state index in [1.807, 2.05) is 0 Å². The third-order valence-electron chi connectivity index (χ3n) is 1.95. The van der Waals surface area contributed by atoms with Gasteiger partial charge in [0.1, 0.15) is 6.10 Å². The molecule has 0 bridgehead atoms. The second-order valence-electron chi connectivity index (χ2n) is 2.99. The lowest BCUT2D eigenvalue weighted by molar-refractivity contribution is 0.0150. The third-order valence-corrected chi connectivity index (χ3v) is 2.27. The van der Waals surface area contributed by atoms with Crippen molar-refractivity contribution in [2.45, 2.75) is 18.6 Å². The van der Waals surface area contributed by atoms with Gasteiger partial charge in [-0.15, -0.1) is 0 Å². The van der Waals surface area contributed by atoms with E-state index in [1.54, 1.807) is 6.07 Å². The van der Waals surface area contributed by atoms with Crippen molar-refractivity contribution in [3.05, 3.63) is 29.0 Å². The van der Waals surface area contributed by atoms with Crippen molar-refractivity contribution in [3.8, 4) is 0 Å². The predicted molar refractivity (Wildman–Crippen MR) is 53.9 cm³/mol. The van der Waals surface area contributed by atoms with Crippen LogP contribution in [0.4, 0.5) is 0 Å². The van der Waals surface area contributed by atoms with E-state index >= 15 is 0 Å². The summed E-state index contributed by atoms with van der Waals surface area (Å²) in [5.41, 5.74) is 5.74. The number of rotatable bonds is 4. The van der Waals surface area contributed by atoms with E-state index in [1.165, 1.54) is 12.4 Å². The minimum atomic E-state index is -1.01. The fourth-order valence-corrected chi connectivity index (χ4v) is 1.39. The van der Waals surface area contributed by atoms with E-state index in [-0.39, 0.29) is 0 Å². The lowest BCUT2D eigenvalue weighted by Gasteiger charge is -2.17. The number of nitrogens with two attached hydrogens (primary N) is 1. The van der Waals surface area contributed by atoms with Crippen molar-refractivity contribution in [2.24, 2.45) is 5.73 Å². The maximum Gasteiger partial charge on any atom is 0.106 e. The molecule has 0 fully saturated rings. The Morgan fingerprint density at radius 3 is 2.79 bits per heavy atom. The zero-order valence-corrected chi connectivity index (χ0v) is 8.35. The summed E-state index contributed by atoms with van der Waals surface area (Å²) in [7, 11) is 0. The van der Waals surface area contributed by atoms with Crippen LogP contribution in [0, 0.1) is 0 Å². The number of nitrogens with zero attached hydrogens (tertiary/aromatic N) is 1. The van der Waals surface area contributed by atoms with Gasteiger partial charge in [0.2, 0.25) is 0 Å². The molecule has 0 aliphatic carbocycles. The molecule has 0 aromatic carbocycles. The van der Waals surface area contributed by atoms with E-state index in [0.717, 1.165) is 0 Å². The Labute approximate surface area is 87.3 Å². The van der Waals surface area contributed by atoms with Gasteiger partial charge in [0, 0.05) is 18.0 Å². The quantitative estimate of drug-likeness (QED) is 0.684. The standard InChI is InChI=1S/C9H13ClN2O2/c10-7-5-12-4-2-6(7)9(14)8(13)1-3-11/h2,4-5,8-9,13-14H,1,3,11H2. The van der Waals surface area contributed by atoms with Crippen LogP contribution in [-0.2, 0) is 0 Å². The smallest absolute Gasteiger partial charge is 0.106 e. The van der Waals surface area contributed by atoms with Gasteiger partial charge in [-0.3, -0.25) is 4.98 Å². The van der Waals surface area contributed by atoms with Crippen molar-refractivity contribution in [1.82, 2.24) is 4.98 Å². The second-order valence-corrected chi connectivity index (χ2v) is 3.39. The van der Waals surface area contributed by atoms with Crippen LogP contribution in [0.1, 0.15) is 18.1 Å². The molecule has 5 heteroatoms. The van der Waals surface area contributed by atoms with Gasteiger partial charge in [-0.05, 0) is 19.0 Å². The Kier molecular flexibility index (Phi) is 4.28. The molecular weight excluding hydrogens is 204 g/mol. The molecule has 4 N–H and O–H groups in total. The Bertz CT molecular complexity index is 296. The minimum Gasteiger partial charge on any atom is -0.390 e. The average Bonchev–Trinajstić information content (AvgIpc) is 2.18. The van der Waals surface area contributed by atoms with Gasteiger partial charge >= 0.3 is 0 Å². The molecule has 0 aliphatic rings. The Balaban J connectivity index is 2.78. The number of halogens is 1. The summed E-state index contributed by atoms with van der Waals surface area (Å²) in [4.78, 5) is 3.78. The maximum atomic E-state index is 9.68. The summed E-state index contributed by atoms with van der Waals surface area (Å²) in [5, 5.41) is 19.5. The van der Waals surface area contributed by atoms with Crippen molar-refractivity contribution in [2.75, 3.05) is 6.54 Å². The molecule has 2 atom stereocenters. The lowest BCUT2D eigenvalue weighted by atomic mass is 10.0. The lowest BCUT2D eigenvalue weighted by Crippen LogP contribution is -2.22. The number of hydrogen-bond donors (Lipinski definition) is 3. The first-order valence-corrected chi connectivity index (χ1v) is 4.70. The van der Waals surface area contributed by atoms with Crippen molar-refractivity contribution >= 4 is 11.6 Å². The summed E-state index contributed by atoms with van der Waals surface area (Å²) in [6.07, 6.45) is 1.38. The maximum absolute atomic E-state index is 9.68. The first kappa shape index (κ1) is 11.4. The summed E-state index contributed by atoms with van der Waals surface area (Å²) in [6.45, 7) is 0.320. The normalized spacial score (nSPS) is 15.1. The van der Waals surface area contributed by atoms with Gasteiger partial charge in [0.15, 0.2) is 0 Å². The molecule has 0 spiro atoms. The van der Waals surface area contributed by atoms with E-state index in [4.69, 9.17) is 17.3 Å². The summed E-state index contributed by atoms with van der Waals surface area (Å²) in [5.74, 6) is 0. The van der Waals surface area contributed by atoms with Gasteiger partial charge in [-0.2, -0.15) is 0 Å². The van der Waals surface area contributed by atoms with Crippen LogP contribution in [0.2, 0.25) is 5.02 Å². The molecule has 78 valence electrons. The van der Waals surface area contributed by atoms with Crippen molar-refractivity contribution in [1.29, 1.82) is 0 Å². The molecule has 14 heavy (non-hydrogen) atoms. The average molecular weight is 217 g/mol. The molecule has 1 aromatic rings. The SMILES string of the molecule is NCCC(O)C(O)c1ccncc1Cl. The van der Waals surface area contributed by atoms with Gasteiger partial charge in [-0.1, -0.05) is 11.6 Å². The zero-order valence-electron chi connectivity index (χ0n) is 7.60. The van der Waals surface area contributed by atoms with Crippen LogP contribution in [0.15, 0.2) is 18.5 Å². The van der Waals surface area contributed by atoms with Crippen LogP contribution in [0.3, 0.4) is 0 Å². The minimum absolute atomic E-state index is 0.320. The van der Waals surface area contributed by atoms with Crippen LogP contribution in [-0.4, -0.2) is 27.8 Å². The van der Waals surface area contributed by atoms with Crippen LogP contribution < -0.4 is 5.73 Å². The molecule has 1 aromatic heterocycles. The molecule has 1 heterocycles. The highest BCUT2D eigenvalue weighted by Gasteiger charge is 2.19. The molecule has 0 radical (unpaired) electrons. The fourth-order valence-electron chi connectivity index (χ4n) is 1.16. The fraction of sp³-hybridized carbons (Fsp3) is 0.444. The first-order chi connectivity index (χ1) is 6.66. The Morgan fingerprint density at radius 1 is 1.50 bits per heavy atom. The van der Waals surface area contributed by atoms with Gasteiger partial charge < -0.3 is 15.9 Å². The third kappa shape index (κ3) is 2.65. The zero-order chi connectivity index (χ0) is 10.6. The van der Waals surface area contributed by atoms with E-state index < -0.39 is 12.2 Å². The second kappa shape index (κ2) is 5.26. The van der Waals surface area contributed by atoms with Crippen LogP contribution in [0.25, 0.3) is 0 Å². The summed E-state index contributed by atoms with van der Waals surface area (Å²) >= 11 is 5.80. The molecule has 0 aliphatic heterocycles. The van der Waals surface area contributed by atoms with Crippen molar-refractivity contribution < 1.29 is 10.2 Å². The highest BCUT2D eigenvalue weighted by atomic mass is 35.5. The van der Waals surface area contributed by atoms with Gasteiger partial charge in [0.05, 0.1) is 11.1 Å². The summed E-state index contributed by atoms with van der Waals surface area (Å²) in [6, 6.07) is 1.58. The van der Waals surface area contributed by atoms with E-state index in [9.17, 15) is 10.2 Å². The number of aliphatic hydroxyl groups is 2. The van der Waals surface area contributed by atoms with Crippen molar-refractivity contribution in [3.63, 3.8) is 0 Å². The number of hydrogen-bond acceptors (Lipinski definition) is 4. The molecule has 4 nitrogen and oxygen atoms in total. The Morgan fingerprint density at radius 2 is 2.21 bits per heavy atom. The largest absolute Gasteiger partial charge is 0.390 e. The highest BCUT2D eigenvalue weighted by molar-refractivity contribution is 6.31. The van der Waals surface area contributed by atoms with E-state index in [0.29, 0.717) is 23.6 Å². The molecule has 1 rings (SSSR count). The van der Waals surface area contributed by atoms with Crippen LogP contribution in [0.5, 0.6) is 0 Å². The number of aromatic nitrogens is 1. The topological polar surface area (TPSA) is 79.4 Å².